The molecule has 33 heavy (non-hydrogen) atoms. The minimum atomic E-state index is -0.669. The summed E-state index contributed by atoms with van der Waals surface area (Å²) in [5.41, 5.74) is 1.30. The average Bonchev–Trinajstić information content (AvgIpc) is 3.36. The van der Waals surface area contributed by atoms with E-state index >= 15 is 0 Å². The second-order valence-corrected chi connectivity index (χ2v) is 7.78. The van der Waals surface area contributed by atoms with E-state index in [1.54, 1.807) is 30.1 Å². The number of amides is 1. The monoisotopic (exact) mass is 520 g/mol. The molecule has 1 fully saturated rings. The van der Waals surface area contributed by atoms with Gasteiger partial charge >= 0.3 is 5.97 Å². The molecule has 0 saturated carbocycles. The summed E-state index contributed by atoms with van der Waals surface area (Å²) in [4.78, 5) is 47.5. The number of nitrogens with one attached hydrogen (secondary N) is 1. The highest BCUT2D eigenvalue weighted by Crippen LogP contribution is 2.24. The molecule has 2 atom stereocenters. The highest BCUT2D eigenvalue weighted by Gasteiger charge is 2.38. The fraction of sp³-hybridized carbons (Fsp3) is 0.333. The predicted molar refractivity (Wildman–Crippen MR) is 128 cm³/mol. The van der Waals surface area contributed by atoms with Crippen molar-refractivity contribution in [3.63, 3.8) is 0 Å². The number of ketones is 1. The van der Waals surface area contributed by atoms with E-state index in [1.165, 1.54) is 0 Å². The van der Waals surface area contributed by atoms with Crippen molar-refractivity contribution in [3.8, 4) is 0 Å². The van der Waals surface area contributed by atoms with Crippen LogP contribution in [0.2, 0.25) is 0 Å². The van der Waals surface area contributed by atoms with Gasteiger partial charge in [-0.25, -0.2) is 4.79 Å². The SMILES string of the molecule is C=O.CNC(C(=O)N1CCCC1C(=O)OCC(=O)c1cccc(Br)c1)c1ccccc1.CO. The number of aliphatic hydroxyl groups excluding tert-OH is 1. The maximum Gasteiger partial charge on any atom is 0.329 e. The van der Waals surface area contributed by atoms with E-state index in [0.29, 0.717) is 18.5 Å². The second-order valence-electron chi connectivity index (χ2n) is 6.86. The number of benzene rings is 2. The molecule has 1 aliphatic heterocycles. The Morgan fingerprint density at radius 3 is 2.42 bits per heavy atom. The van der Waals surface area contributed by atoms with E-state index in [1.807, 2.05) is 43.2 Å². The number of likely N-dealkylation sites (N-methyl/N-ethyl adjacent to an activating group) is 1. The largest absolute Gasteiger partial charge is 0.456 e. The quantitative estimate of drug-likeness (QED) is 0.426. The normalized spacial score (nSPS) is 15.3. The maximum absolute atomic E-state index is 13.1. The number of carbonyl (C=O) groups is 4. The van der Waals surface area contributed by atoms with E-state index < -0.39 is 18.1 Å². The molecule has 1 aliphatic rings. The van der Waals surface area contributed by atoms with Crippen LogP contribution >= 0.6 is 15.9 Å². The smallest absolute Gasteiger partial charge is 0.329 e. The summed E-state index contributed by atoms with van der Waals surface area (Å²) in [7, 11) is 2.72. The number of rotatable bonds is 7. The van der Waals surface area contributed by atoms with Gasteiger partial charge < -0.3 is 24.9 Å². The summed E-state index contributed by atoms with van der Waals surface area (Å²) in [5, 5.41) is 10.0. The lowest BCUT2D eigenvalue weighted by molar-refractivity contribution is -0.153. The molecule has 0 bridgehead atoms. The Morgan fingerprint density at radius 2 is 1.82 bits per heavy atom. The summed E-state index contributed by atoms with van der Waals surface area (Å²) in [5.74, 6) is -0.994. The Balaban J connectivity index is 0.00000129. The number of hydrogen-bond acceptors (Lipinski definition) is 7. The molecule has 3 rings (SSSR count). The third-order valence-corrected chi connectivity index (χ3v) is 5.46. The van der Waals surface area contributed by atoms with Crippen molar-refractivity contribution in [1.29, 1.82) is 0 Å². The molecule has 0 spiro atoms. The van der Waals surface area contributed by atoms with Gasteiger partial charge in [0.25, 0.3) is 0 Å². The summed E-state index contributed by atoms with van der Waals surface area (Å²) < 4.78 is 6.04. The Morgan fingerprint density at radius 1 is 1.15 bits per heavy atom. The molecule has 8 nitrogen and oxygen atoms in total. The van der Waals surface area contributed by atoms with Crippen LogP contribution in [0.1, 0.15) is 34.8 Å². The van der Waals surface area contributed by atoms with E-state index in [-0.39, 0.29) is 18.3 Å². The van der Waals surface area contributed by atoms with Gasteiger partial charge in [0.1, 0.15) is 18.9 Å². The predicted octanol–water partition coefficient (Wildman–Crippen LogP) is 2.55. The molecule has 0 radical (unpaired) electrons. The lowest BCUT2D eigenvalue weighted by atomic mass is 10.1. The molecule has 2 aromatic carbocycles. The van der Waals surface area contributed by atoms with Crippen molar-refractivity contribution < 1.29 is 29.0 Å². The van der Waals surface area contributed by atoms with Gasteiger partial charge in [-0.3, -0.25) is 9.59 Å². The first-order valence-corrected chi connectivity index (χ1v) is 11.0. The van der Waals surface area contributed by atoms with Crippen molar-refractivity contribution in [2.75, 3.05) is 27.3 Å². The number of hydrogen-bond donors (Lipinski definition) is 2. The van der Waals surface area contributed by atoms with Gasteiger partial charge in [-0.1, -0.05) is 58.4 Å². The first-order valence-electron chi connectivity index (χ1n) is 10.2. The van der Waals surface area contributed by atoms with Crippen LogP contribution in [0.15, 0.2) is 59.1 Å². The van der Waals surface area contributed by atoms with Crippen molar-refractivity contribution in [2.24, 2.45) is 0 Å². The molecule has 1 saturated heterocycles. The fourth-order valence-electron chi connectivity index (χ4n) is 3.50. The Bertz CT molecular complexity index is 909. The van der Waals surface area contributed by atoms with E-state index in [0.717, 1.165) is 23.6 Å². The fourth-order valence-corrected chi connectivity index (χ4v) is 3.90. The number of esters is 1. The molecule has 9 heteroatoms. The Kier molecular flexibility index (Phi) is 12.8. The number of carbonyl (C=O) groups excluding carboxylic acids is 4. The molecule has 2 aromatic rings. The van der Waals surface area contributed by atoms with Crippen molar-refractivity contribution >= 4 is 40.4 Å². The van der Waals surface area contributed by atoms with Crippen LogP contribution in [-0.4, -0.2) is 67.8 Å². The zero-order valence-electron chi connectivity index (χ0n) is 18.7. The first-order chi connectivity index (χ1) is 16.0. The van der Waals surface area contributed by atoms with Gasteiger partial charge in [0.15, 0.2) is 12.4 Å². The lowest BCUT2D eigenvalue weighted by Gasteiger charge is -2.27. The standard InChI is InChI=1S/C22H23BrN2O4.CH4O.CH2O/c1-24-20(15-7-3-2-4-8-15)21(27)25-12-6-11-18(25)22(28)29-14-19(26)16-9-5-10-17(23)13-16;2*1-2/h2-5,7-10,13,18,20,24H,6,11-12,14H2,1H3;2H,1H3;1H2. The van der Waals surface area contributed by atoms with Crippen LogP contribution in [0.3, 0.4) is 0 Å². The third kappa shape index (κ3) is 7.88. The third-order valence-electron chi connectivity index (χ3n) is 4.97. The van der Waals surface area contributed by atoms with Crippen molar-refractivity contribution in [1.82, 2.24) is 10.2 Å². The minimum Gasteiger partial charge on any atom is -0.456 e. The molecule has 178 valence electrons. The maximum atomic E-state index is 13.1. The van der Waals surface area contributed by atoms with Crippen LogP contribution in [-0.2, 0) is 19.1 Å². The van der Waals surface area contributed by atoms with Gasteiger partial charge in [0.05, 0.1) is 0 Å². The highest BCUT2D eigenvalue weighted by atomic mass is 79.9. The Hall–Kier alpha value is -2.88. The van der Waals surface area contributed by atoms with Gasteiger partial charge in [0, 0.05) is 23.7 Å². The molecule has 0 aliphatic carbocycles. The number of halogens is 1. The average molecular weight is 521 g/mol. The van der Waals surface area contributed by atoms with E-state index in [4.69, 9.17) is 14.6 Å². The number of aliphatic hydroxyl groups is 1. The number of Topliss-reactive ketones (excluding diaryl/α,β-unsaturated/α-hetero) is 1. The van der Waals surface area contributed by atoms with Gasteiger partial charge in [-0.2, -0.15) is 0 Å². The first kappa shape index (κ1) is 28.2. The van der Waals surface area contributed by atoms with E-state index in [2.05, 4.69) is 21.2 Å². The van der Waals surface area contributed by atoms with Crippen LogP contribution in [0.4, 0.5) is 0 Å². The molecule has 1 amide bonds. The topological polar surface area (TPSA) is 113 Å². The molecule has 1 heterocycles. The summed E-state index contributed by atoms with van der Waals surface area (Å²) in [6.45, 7) is 2.14. The molecule has 2 unspecified atom stereocenters. The number of likely N-dealkylation sites (tertiary alicyclic amines) is 1. The summed E-state index contributed by atoms with van der Waals surface area (Å²) in [6.07, 6.45) is 1.25. The zero-order valence-corrected chi connectivity index (χ0v) is 20.3. The second kappa shape index (κ2) is 15.0. The minimum absolute atomic E-state index is 0.170. The summed E-state index contributed by atoms with van der Waals surface area (Å²) in [6, 6.07) is 15.1. The van der Waals surface area contributed by atoms with Gasteiger partial charge in [-0.05, 0) is 37.6 Å². The van der Waals surface area contributed by atoms with Crippen LogP contribution < -0.4 is 5.32 Å². The van der Waals surface area contributed by atoms with Crippen molar-refractivity contribution in [2.45, 2.75) is 24.9 Å². The van der Waals surface area contributed by atoms with E-state index in [9.17, 15) is 14.4 Å². The highest BCUT2D eigenvalue weighted by molar-refractivity contribution is 9.10. The van der Waals surface area contributed by atoms with Gasteiger partial charge in [-0.15, -0.1) is 0 Å². The number of nitrogens with zero attached hydrogens (tertiary/aromatic N) is 1. The molecular formula is C24H29BrN2O6. The lowest BCUT2D eigenvalue weighted by Crippen LogP contribution is -2.46. The van der Waals surface area contributed by atoms with Gasteiger partial charge in [0.2, 0.25) is 5.91 Å². The van der Waals surface area contributed by atoms with Crippen LogP contribution in [0.25, 0.3) is 0 Å². The molecule has 0 aromatic heterocycles. The van der Waals surface area contributed by atoms with Crippen LogP contribution in [0.5, 0.6) is 0 Å². The Labute approximate surface area is 202 Å². The van der Waals surface area contributed by atoms with Crippen LogP contribution in [0, 0.1) is 0 Å². The summed E-state index contributed by atoms with van der Waals surface area (Å²) >= 11 is 3.32. The van der Waals surface area contributed by atoms with Crippen molar-refractivity contribution in [3.05, 3.63) is 70.2 Å². The molecular weight excluding hydrogens is 492 g/mol. The zero-order chi connectivity index (χ0) is 24.8. The number of ether oxygens (including phenoxy) is 1. The molecule has 2 N–H and O–H groups in total.